The number of ether oxygens (including phenoxy) is 1. The largest absolute Gasteiger partial charge is 0.399 e. The maximum Gasteiger partial charge on any atom is 0.251 e. The van der Waals surface area contributed by atoms with Crippen LogP contribution in [0, 0.1) is 0 Å². The summed E-state index contributed by atoms with van der Waals surface area (Å²) in [4.78, 5) is 17.0. The summed E-state index contributed by atoms with van der Waals surface area (Å²) in [6, 6.07) is 25.3. The zero-order valence-electron chi connectivity index (χ0n) is 16.4. The first kappa shape index (κ1) is 20.3. The van der Waals surface area contributed by atoms with Gasteiger partial charge in [0.1, 0.15) is 7.11 Å². The molecule has 0 spiro atoms. The van der Waals surface area contributed by atoms with Crippen LogP contribution in [0.2, 0.25) is 0 Å². The van der Waals surface area contributed by atoms with Gasteiger partial charge in [0.05, 0.1) is 19.4 Å². The molecule has 0 unspecified atom stereocenters. The van der Waals surface area contributed by atoms with E-state index in [2.05, 4.69) is 21.4 Å². The summed E-state index contributed by atoms with van der Waals surface area (Å²) in [6.07, 6.45) is 1.59. The maximum absolute atomic E-state index is 12.4. The van der Waals surface area contributed by atoms with Crippen molar-refractivity contribution < 1.29 is 14.4 Å². The number of hydrogen-bond acceptors (Lipinski definition) is 4. The van der Waals surface area contributed by atoms with E-state index in [0.717, 1.165) is 22.3 Å². The lowest BCUT2D eigenvalue weighted by Gasteiger charge is -2.09. The van der Waals surface area contributed by atoms with Crippen molar-refractivity contribution in [1.29, 1.82) is 0 Å². The lowest BCUT2D eigenvalue weighted by atomic mass is 10.1. The highest BCUT2D eigenvalue weighted by molar-refractivity contribution is 5.94. The third kappa shape index (κ3) is 6.59. The van der Waals surface area contributed by atoms with Gasteiger partial charge < -0.3 is 14.9 Å². The third-order valence-corrected chi connectivity index (χ3v) is 4.30. The standard InChI is InChI=1S/C24H24N2O3/c1-28-26-16-19-10-12-23(13-11-19)24(27)25-15-21-8-5-9-22(14-21)18-29-17-20-6-3-2-4-7-20/h2-14,16H,15,17-18H2,1H3,(H,25,27). The SMILES string of the molecule is CON=Cc1ccc(C(=O)NCc2cccc(COCc3ccccc3)c2)cc1. The molecule has 0 aromatic heterocycles. The van der Waals surface area contributed by atoms with Crippen molar-refractivity contribution in [3.8, 4) is 0 Å². The third-order valence-electron chi connectivity index (χ3n) is 4.30. The van der Waals surface area contributed by atoms with Gasteiger partial charge in [0.15, 0.2) is 0 Å². The molecule has 5 heteroatoms. The fourth-order valence-corrected chi connectivity index (χ4v) is 2.81. The molecule has 5 nitrogen and oxygen atoms in total. The average Bonchev–Trinajstić information content (AvgIpc) is 2.77. The van der Waals surface area contributed by atoms with E-state index in [9.17, 15) is 4.79 Å². The molecule has 0 fully saturated rings. The van der Waals surface area contributed by atoms with Gasteiger partial charge in [-0.25, -0.2) is 0 Å². The highest BCUT2D eigenvalue weighted by atomic mass is 16.6. The molecule has 1 amide bonds. The molecule has 3 aromatic rings. The molecule has 0 aliphatic heterocycles. The molecular weight excluding hydrogens is 364 g/mol. The molecule has 0 atom stereocenters. The molecule has 148 valence electrons. The minimum atomic E-state index is -0.119. The number of hydrogen-bond donors (Lipinski definition) is 1. The Hall–Kier alpha value is -3.44. The van der Waals surface area contributed by atoms with Crippen molar-refractivity contribution in [1.82, 2.24) is 5.32 Å². The van der Waals surface area contributed by atoms with Crippen LogP contribution in [-0.2, 0) is 29.3 Å². The highest BCUT2D eigenvalue weighted by Gasteiger charge is 2.05. The first-order chi connectivity index (χ1) is 14.2. The quantitative estimate of drug-likeness (QED) is 0.439. The van der Waals surface area contributed by atoms with Crippen molar-refractivity contribution in [2.75, 3.05) is 7.11 Å². The van der Waals surface area contributed by atoms with Crippen LogP contribution in [0.5, 0.6) is 0 Å². The van der Waals surface area contributed by atoms with Crippen molar-refractivity contribution in [3.05, 3.63) is 107 Å². The second-order valence-corrected chi connectivity index (χ2v) is 6.52. The molecular formula is C24H24N2O3. The number of benzene rings is 3. The average molecular weight is 388 g/mol. The lowest BCUT2D eigenvalue weighted by Crippen LogP contribution is -2.22. The minimum Gasteiger partial charge on any atom is -0.399 e. The summed E-state index contributed by atoms with van der Waals surface area (Å²) < 4.78 is 5.79. The predicted octanol–water partition coefficient (Wildman–Crippen LogP) is 4.31. The highest BCUT2D eigenvalue weighted by Crippen LogP contribution is 2.10. The van der Waals surface area contributed by atoms with Gasteiger partial charge in [0.25, 0.3) is 5.91 Å². The molecule has 29 heavy (non-hydrogen) atoms. The molecule has 0 bridgehead atoms. The molecule has 0 radical (unpaired) electrons. The van der Waals surface area contributed by atoms with Gasteiger partial charge in [-0.1, -0.05) is 71.9 Å². The van der Waals surface area contributed by atoms with Crippen LogP contribution in [0.15, 0.2) is 84.0 Å². The molecule has 0 saturated carbocycles. The normalized spacial score (nSPS) is 10.8. The Bertz CT molecular complexity index is 938. The Kier molecular flexibility index (Phi) is 7.55. The fraction of sp³-hybridized carbons (Fsp3) is 0.167. The zero-order chi connectivity index (χ0) is 20.3. The number of amides is 1. The van der Waals surface area contributed by atoms with Gasteiger partial charge in [0.2, 0.25) is 0 Å². The summed E-state index contributed by atoms with van der Waals surface area (Å²) in [5, 5.41) is 6.65. The van der Waals surface area contributed by atoms with Crippen LogP contribution in [0.25, 0.3) is 0 Å². The van der Waals surface area contributed by atoms with Crippen LogP contribution < -0.4 is 5.32 Å². The van der Waals surface area contributed by atoms with E-state index >= 15 is 0 Å². The van der Waals surface area contributed by atoms with Crippen molar-refractivity contribution in [2.24, 2.45) is 5.16 Å². The second kappa shape index (κ2) is 10.8. The topological polar surface area (TPSA) is 59.9 Å². The van der Waals surface area contributed by atoms with Gasteiger partial charge in [-0.2, -0.15) is 0 Å². The summed E-state index contributed by atoms with van der Waals surface area (Å²) in [6.45, 7) is 1.56. The van der Waals surface area contributed by atoms with Crippen molar-refractivity contribution in [2.45, 2.75) is 19.8 Å². The Morgan fingerprint density at radius 2 is 1.59 bits per heavy atom. The summed E-state index contributed by atoms with van der Waals surface area (Å²) in [5.74, 6) is -0.119. The Morgan fingerprint density at radius 3 is 2.34 bits per heavy atom. The van der Waals surface area contributed by atoms with E-state index in [1.54, 1.807) is 18.3 Å². The number of rotatable bonds is 9. The van der Waals surface area contributed by atoms with E-state index in [1.165, 1.54) is 7.11 Å². The lowest BCUT2D eigenvalue weighted by molar-refractivity contribution is 0.0951. The number of carbonyl (C=O) groups is 1. The molecule has 0 aliphatic carbocycles. The number of nitrogens with zero attached hydrogens (tertiary/aromatic N) is 1. The van der Waals surface area contributed by atoms with Gasteiger partial charge >= 0.3 is 0 Å². The van der Waals surface area contributed by atoms with Gasteiger partial charge in [0, 0.05) is 12.1 Å². The van der Waals surface area contributed by atoms with E-state index in [-0.39, 0.29) is 5.91 Å². The molecule has 0 heterocycles. The van der Waals surface area contributed by atoms with E-state index in [4.69, 9.17) is 4.74 Å². The molecule has 0 saturated heterocycles. The number of nitrogens with one attached hydrogen (secondary N) is 1. The van der Waals surface area contributed by atoms with E-state index in [0.29, 0.717) is 25.3 Å². The first-order valence-electron chi connectivity index (χ1n) is 9.39. The summed E-state index contributed by atoms with van der Waals surface area (Å²) >= 11 is 0. The second-order valence-electron chi connectivity index (χ2n) is 6.52. The van der Waals surface area contributed by atoms with Crippen LogP contribution in [-0.4, -0.2) is 19.2 Å². The van der Waals surface area contributed by atoms with Crippen LogP contribution in [0.1, 0.15) is 32.6 Å². The van der Waals surface area contributed by atoms with Crippen molar-refractivity contribution >= 4 is 12.1 Å². The van der Waals surface area contributed by atoms with Crippen LogP contribution in [0.3, 0.4) is 0 Å². The van der Waals surface area contributed by atoms with Gasteiger partial charge in [-0.05, 0) is 34.4 Å². The predicted molar refractivity (Wildman–Crippen MR) is 114 cm³/mol. The van der Waals surface area contributed by atoms with E-state index < -0.39 is 0 Å². The van der Waals surface area contributed by atoms with E-state index in [1.807, 2.05) is 60.7 Å². The fourth-order valence-electron chi connectivity index (χ4n) is 2.81. The summed E-state index contributed by atoms with van der Waals surface area (Å²) in [5.41, 5.74) is 4.72. The first-order valence-corrected chi connectivity index (χ1v) is 9.39. The smallest absolute Gasteiger partial charge is 0.251 e. The molecule has 3 rings (SSSR count). The monoisotopic (exact) mass is 388 g/mol. The van der Waals surface area contributed by atoms with Crippen molar-refractivity contribution in [3.63, 3.8) is 0 Å². The number of oxime groups is 1. The Labute approximate surface area is 171 Å². The van der Waals surface area contributed by atoms with Gasteiger partial charge in [-0.15, -0.1) is 0 Å². The number of carbonyl (C=O) groups excluding carboxylic acids is 1. The van der Waals surface area contributed by atoms with Gasteiger partial charge in [-0.3, -0.25) is 4.79 Å². The maximum atomic E-state index is 12.4. The summed E-state index contributed by atoms with van der Waals surface area (Å²) in [7, 11) is 1.49. The Balaban J connectivity index is 1.49. The minimum absolute atomic E-state index is 0.119. The Morgan fingerprint density at radius 1 is 0.897 bits per heavy atom. The molecule has 0 aliphatic rings. The van der Waals surface area contributed by atoms with Crippen LogP contribution >= 0.6 is 0 Å². The molecule has 1 N–H and O–H groups in total. The molecule has 3 aromatic carbocycles. The van der Waals surface area contributed by atoms with Crippen LogP contribution in [0.4, 0.5) is 0 Å². The zero-order valence-corrected chi connectivity index (χ0v) is 16.4.